The molecule has 3 nitrogen and oxygen atoms in total. The van der Waals surface area contributed by atoms with Crippen LogP contribution < -0.4 is 0 Å². The van der Waals surface area contributed by atoms with Crippen LogP contribution in [0.15, 0.2) is 47.5 Å². The Labute approximate surface area is 105 Å². The summed E-state index contributed by atoms with van der Waals surface area (Å²) in [4.78, 5) is 8.51. The molecular formula is C12H7BrFN3. The molecule has 0 spiro atoms. The molecule has 0 fully saturated rings. The van der Waals surface area contributed by atoms with Crippen LogP contribution in [0.3, 0.4) is 0 Å². The first-order valence-corrected chi connectivity index (χ1v) is 5.78. The largest absolute Gasteiger partial charge is 0.302 e. The van der Waals surface area contributed by atoms with E-state index < -0.39 is 0 Å². The van der Waals surface area contributed by atoms with Gasteiger partial charge in [0, 0.05) is 18.0 Å². The maximum Gasteiger partial charge on any atom is 0.156 e. The van der Waals surface area contributed by atoms with E-state index >= 15 is 0 Å². The van der Waals surface area contributed by atoms with Crippen LogP contribution in [-0.4, -0.2) is 14.4 Å². The molecule has 0 bridgehead atoms. The van der Waals surface area contributed by atoms with Crippen LogP contribution in [0.4, 0.5) is 4.39 Å². The Hall–Kier alpha value is -1.75. The van der Waals surface area contributed by atoms with E-state index in [1.54, 1.807) is 18.3 Å². The van der Waals surface area contributed by atoms with Crippen LogP contribution in [0.2, 0.25) is 0 Å². The van der Waals surface area contributed by atoms with Crippen LogP contribution in [0.5, 0.6) is 0 Å². The zero-order valence-electron chi connectivity index (χ0n) is 8.64. The van der Waals surface area contributed by atoms with Crippen molar-refractivity contribution in [2.45, 2.75) is 0 Å². The minimum atomic E-state index is -0.248. The third-order valence-corrected chi connectivity index (χ3v) is 2.86. The smallest absolute Gasteiger partial charge is 0.156 e. The minimum Gasteiger partial charge on any atom is -0.302 e. The second-order valence-corrected chi connectivity index (χ2v) is 4.42. The van der Waals surface area contributed by atoms with Crippen molar-refractivity contribution in [3.8, 4) is 11.3 Å². The number of hydrogen-bond acceptors (Lipinski definition) is 2. The fourth-order valence-corrected chi connectivity index (χ4v) is 1.96. The Bertz CT molecular complexity index is 676. The van der Waals surface area contributed by atoms with E-state index in [0.717, 1.165) is 21.5 Å². The van der Waals surface area contributed by atoms with Crippen molar-refractivity contribution in [2.75, 3.05) is 0 Å². The van der Waals surface area contributed by atoms with Gasteiger partial charge in [0.05, 0.1) is 11.9 Å². The molecule has 0 aliphatic heterocycles. The van der Waals surface area contributed by atoms with Gasteiger partial charge in [-0.05, 0) is 40.2 Å². The molecule has 0 radical (unpaired) electrons. The Morgan fingerprint density at radius 1 is 1.12 bits per heavy atom. The number of nitrogens with zero attached hydrogens (tertiary/aromatic N) is 3. The van der Waals surface area contributed by atoms with Gasteiger partial charge in [0.2, 0.25) is 0 Å². The number of rotatable bonds is 1. The van der Waals surface area contributed by atoms with Crippen molar-refractivity contribution in [3.05, 3.63) is 53.3 Å². The summed E-state index contributed by atoms with van der Waals surface area (Å²) in [6.45, 7) is 0. The first kappa shape index (κ1) is 10.4. The highest BCUT2D eigenvalue weighted by atomic mass is 79.9. The first-order chi connectivity index (χ1) is 8.22. The fraction of sp³-hybridized carbons (Fsp3) is 0. The predicted molar refractivity (Wildman–Crippen MR) is 66.1 cm³/mol. The summed E-state index contributed by atoms with van der Waals surface area (Å²) in [7, 11) is 0. The lowest BCUT2D eigenvalue weighted by atomic mass is 10.2. The third-order valence-electron chi connectivity index (χ3n) is 2.45. The van der Waals surface area contributed by atoms with Gasteiger partial charge in [0.1, 0.15) is 10.4 Å². The molecule has 0 aliphatic carbocycles. The fourth-order valence-electron chi connectivity index (χ4n) is 1.63. The minimum absolute atomic E-state index is 0.248. The molecule has 3 rings (SSSR count). The number of aromatic nitrogens is 3. The van der Waals surface area contributed by atoms with Gasteiger partial charge in [-0.15, -0.1) is 0 Å². The lowest BCUT2D eigenvalue weighted by Crippen LogP contribution is -1.84. The highest BCUT2D eigenvalue weighted by Crippen LogP contribution is 2.19. The number of benzene rings is 1. The molecule has 0 atom stereocenters. The Kier molecular flexibility index (Phi) is 2.40. The van der Waals surface area contributed by atoms with Crippen molar-refractivity contribution in [2.24, 2.45) is 0 Å². The van der Waals surface area contributed by atoms with E-state index in [1.165, 1.54) is 12.1 Å². The molecule has 1 aromatic carbocycles. The highest BCUT2D eigenvalue weighted by Gasteiger charge is 2.04. The molecule has 17 heavy (non-hydrogen) atoms. The van der Waals surface area contributed by atoms with Gasteiger partial charge < -0.3 is 4.40 Å². The Morgan fingerprint density at radius 2 is 1.88 bits per heavy atom. The Morgan fingerprint density at radius 3 is 2.65 bits per heavy atom. The second kappa shape index (κ2) is 3.92. The van der Waals surface area contributed by atoms with Gasteiger partial charge >= 0.3 is 0 Å². The molecule has 2 aromatic heterocycles. The van der Waals surface area contributed by atoms with Gasteiger partial charge in [-0.1, -0.05) is 0 Å². The summed E-state index contributed by atoms with van der Waals surface area (Å²) < 4.78 is 15.4. The van der Waals surface area contributed by atoms with E-state index in [0.29, 0.717) is 0 Å². The third kappa shape index (κ3) is 1.93. The number of halogens is 2. The lowest BCUT2D eigenvalue weighted by Gasteiger charge is -1.94. The summed E-state index contributed by atoms with van der Waals surface area (Å²) in [6.07, 6.45) is 5.39. The molecule has 84 valence electrons. The van der Waals surface area contributed by atoms with Gasteiger partial charge in [0.25, 0.3) is 0 Å². The second-order valence-electron chi connectivity index (χ2n) is 3.61. The summed E-state index contributed by atoms with van der Waals surface area (Å²) in [5.74, 6) is -0.248. The normalized spacial score (nSPS) is 10.9. The maximum atomic E-state index is 12.8. The van der Waals surface area contributed by atoms with Crippen molar-refractivity contribution in [3.63, 3.8) is 0 Å². The SMILES string of the molecule is Fc1ccc(-c2cn3cc(Br)ncc3n2)cc1. The summed E-state index contributed by atoms with van der Waals surface area (Å²) in [5, 5.41) is 0. The van der Waals surface area contributed by atoms with Gasteiger partial charge in [-0.25, -0.2) is 14.4 Å². The molecule has 5 heteroatoms. The number of hydrogen-bond donors (Lipinski definition) is 0. The monoisotopic (exact) mass is 291 g/mol. The van der Waals surface area contributed by atoms with Crippen molar-refractivity contribution in [1.82, 2.24) is 14.4 Å². The number of imidazole rings is 1. The van der Waals surface area contributed by atoms with Crippen molar-refractivity contribution < 1.29 is 4.39 Å². The zero-order chi connectivity index (χ0) is 11.8. The standard InChI is InChI=1S/C12H7BrFN3/c13-11-7-17-6-10(16-12(17)5-15-11)8-1-3-9(14)4-2-8/h1-7H. The average Bonchev–Trinajstić information content (AvgIpc) is 2.72. The molecule has 0 unspecified atom stereocenters. The van der Waals surface area contributed by atoms with Crippen LogP contribution in [0.25, 0.3) is 16.9 Å². The molecule has 0 saturated carbocycles. The summed E-state index contributed by atoms with van der Waals surface area (Å²) in [5.41, 5.74) is 2.43. The lowest BCUT2D eigenvalue weighted by molar-refractivity contribution is 0.628. The maximum absolute atomic E-state index is 12.8. The van der Waals surface area contributed by atoms with E-state index in [4.69, 9.17) is 0 Å². The molecule has 2 heterocycles. The van der Waals surface area contributed by atoms with Crippen LogP contribution in [-0.2, 0) is 0 Å². The van der Waals surface area contributed by atoms with Crippen LogP contribution in [0, 0.1) is 5.82 Å². The average molecular weight is 292 g/mol. The molecule has 0 aliphatic rings. The summed E-state index contributed by atoms with van der Waals surface area (Å²) in [6, 6.07) is 6.26. The van der Waals surface area contributed by atoms with E-state index in [2.05, 4.69) is 25.9 Å². The zero-order valence-corrected chi connectivity index (χ0v) is 10.2. The molecule has 0 N–H and O–H groups in total. The van der Waals surface area contributed by atoms with E-state index in [1.807, 2.05) is 16.8 Å². The Balaban J connectivity index is 2.14. The number of fused-ring (bicyclic) bond motifs is 1. The van der Waals surface area contributed by atoms with E-state index in [-0.39, 0.29) is 5.82 Å². The molecule has 3 aromatic rings. The van der Waals surface area contributed by atoms with Crippen LogP contribution >= 0.6 is 15.9 Å². The van der Waals surface area contributed by atoms with Gasteiger partial charge in [-0.2, -0.15) is 0 Å². The van der Waals surface area contributed by atoms with E-state index in [9.17, 15) is 4.39 Å². The first-order valence-electron chi connectivity index (χ1n) is 4.98. The molecule has 0 amide bonds. The van der Waals surface area contributed by atoms with Crippen LogP contribution in [0.1, 0.15) is 0 Å². The highest BCUT2D eigenvalue weighted by molar-refractivity contribution is 9.10. The topological polar surface area (TPSA) is 30.2 Å². The molecular weight excluding hydrogens is 285 g/mol. The predicted octanol–water partition coefficient (Wildman–Crippen LogP) is 3.30. The van der Waals surface area contributed by atoms with Gasteiger partial charge in [-0.3, -0.25) is 0 Å². The molecule has 0 saturated heterocycles. The quantitative estimate of drug-likeness (QED) is 0.689. The van der Waals surface area contributed by atoms with Crippen molar-refractivity contribution in [1.29, 1.82) is 0 Å². The summed E-state index contributed by atoms with van der Waals surface area (Å²) >= 11 is 3.30. The van der Waals surface area contributed by atoms with Gasteiger partial charge in [0.15, 0.2) is 5.65 Å². The van der Waals surface area contributed by atoms with Crippen molar-refractivity contribution >= 4 is 21.6 Å².